The highest BCUT2D eigenvalue weighted by Crippen LogP contribution is 2.00. The van der Waals surface area contributed by atoms with Crippen molar-refractivity contribution in [3.05, 3.63) is 53.9 Å². The highest BCUT2D eigenvalue weighted by molar-refractivity contribution is 5.67. The second-order valence-corrected chi connectivity index (χ2v) is 3.63. The molecule has 0 saturated carbocycles. The molecule has 5 heteroatoms. The van der Waals surface area contributed by atoms with Crippen LogP contribution in [0, 0.1) is 11.8 Å². The average molecular weight is 256 g/mol. The lowest BCUT2D eigenvalue weighted by Crippen LogP contribution is -2.24. The third-order valence-electron chi connectivity index (χ3n) is 2.20. The molecular weight excluding hydrogens is 244 g/mol. The zero-order chi connectivity index (χ0) is 13.3. The molecule has 0 radical (unpaired) electrons. The fraction of sp³-hybridized carbons (Fsp3) is 0.143. The first kappa shape index (κ1) is 12.7. The maximum absolute atomic E-state index is 11.3. The summed E-state index contributed by atoms with van der Waals surface area (Å²) in [6.45, 7) is 0.449. The summed E-state index contributed by atoms with van der Waals surface area (Å²) in [6, 6.07) is 9.46. The van der Waals surface area contributed by atoms with Gasteiger partial charge in [0.05, 0.1) is 18.3 Å². The number of carbonyl (C=O) groups excluding carboxylic acids is 1. The van der Waals surface area contributed by atoms with Gasteiger partial charge in [0.25, 0.3) is 0 Å². The van der Waals surface area contributed by atoms with E-state index in [1.54, 1.807) is 0 Å². The fourth-order valence-corrected chi connectivity index (χ4v) is 1.30. The van der Waals surface area contributed by atoms with Crippen LogP contribution in [0.15, 0.2) is 47.3 Å². The van der Waals surface area contributed by atoms with Gasteiger partial charge in [-0.05, 0) is 5.56 Å². The first-order chi connectivity index (χ1) is 9.34. The number of hydrogen-bond donors (Lipinski definition) is 1. The zero-order valence-electron chi connectivity index (χ0n) is 10.1. The van der Waals surface area contributed by atoms with Crippen LogP contribution < -0.4 is 5.32 Å². The van der Waals surface area contributed by atoms with E-state index in [4.69, 9.17) is 4.74 Å². The summed E-state index contributed by atoms with van der Waals surface area (Å²) < 4.78 is 9.63. The fourth-order valence-electron chi connectivity index (χ4n) is 1.30. The molecule has 1 N–H and O–H groups in total. The number of aromatic nitrogens is 1. The molecule has 0 unspecified atom stereocenters. The molecule has 2 aromatic rings. The molecule has 5 nitrogen and oxygen atoms in total. The van der Waals surface area contributed by atoms with Gasteiger partial charge < -0.3 is 14.6 Å². The highest BCUT2D eigenvalue weighted by atomic mass is 16.5. The number of benzene rings is 1. The Morgan fingerprint density at radius 2 is 2.21 bits per heavy atom. The summed E-state index contributed by atoms with van der Waals surface area (Å²) >= 11 is 0. The van der Waals surface area contributed by atoms with Crippen LogP contribution in [-0.4, -0.2) is 17.8 Å². The molecular formula is C14H12N2O3. The maximum Gasteiger partial charge on any atom is 0.408 e. The third kappa shape index (κ3) is 4.56. The molecule has 0 saturated heterocycles. The van der Waals surface area contributed by atoms with E-state index in [1.165, 1.54) is 12.5 Å². The number of nitrogens with zero attached hydrogens (tertiary/aromatic N) is 1. The molecule has 0 bridgehead atoms. The Morgan fingerprint density at radius 1 is 1.37 bits per heavy atom. The van der Waals surface area contributed by atoms with Crippen LogP contribution in [0.2, 0.25) is 0 Å². The van der Waals surface area contributed by atoms with E-state index in [2.05, 4.69) is 26.8 Å². The van der Waals surface area contributed by atoms with E-state index in [1.807, 2.05) is 30.3 Å². The zero-order valence-corrected chi connectivity index (χ0v) is 10.1. The van der Waals surface area contributed by atoms with Crippen LogP contribution in [0.25, 0.3) is 0 Å². The number of amides is 1. The van der Waals surface area contributed by atoms with Gasteiger partial charge >= 0.3 is 6.09 Å². The minimum atomic E-state index is -0.497. The molecule has 0 atom stereocenters. The standard InChI is InChI=1S/C14H12N2O3/c17-14(18-10-12-5-2-1-3-6-12)15-8-4-7-13-9-16-19-11-13/h1-3,5-6,9,11H,8,10H2,(H,15,17). The lowest BCUT2D eigenvalue weighted by Gasteiger charge is -2.04. The van der Waals surface area contributed by atoms with Gasteiger partial charge in [-0.25, -0.2) is 4.79 Å². The highest BCUT2D eigenvalue weighted by Gasteiger charge is 2.00. The average Bonchev–Trinajstić information content (AvgIpc) is 2.96. The van der Waals surface area contributed by atoms with E-state index in [9.17, 15) is 4.79 Å². The smallest absolute Gasteiger partial charge is 0.408 e. The third-order valence-corrected chi connectivity index (χ3v) is 2.20. The van der Waals surface area contributed by atoms with Gasteiger partial charge in [-0.2, -0.15) is 0 Å². The van der Waals surface area contributed by atoms with Gasteiger partial charge in [0.1, 0.15) is 12.9 Å². The van der Waals surface area contributed by atoms with Crippen molar-refractivity contribution in [2.45, 2.75) is 6.61 Å². The lowest BCUT2D eigenvalue weighted by molar-refractivity contribution is 0.141. The SMILES string of the molecule is O=C(NCC#Cc1cnoc1)OCc1ccccc1. The van der Waals surface area contributed by atoms with E-state index in [0.29, 0.717) is 5.56 Å². The number of carbonyl (C=O) groups is 1. The molecule has 96 valence electrons. The van der Waals surface area contributed by atoms with Crippen molar-refractivity contribution in [3.8, 4) is 11.8 Å². The van der Waals surface area contributed by atoms with E-state index in [-0.39, 0.29) is 13.2 Å². The number of hydrogen-bond acceptors (Lipinski definition) is 4. The minimum absolute atomic E-state index is 0.207. The Bertz CT molecular complexity index is 568. The van der Waals surface area contributed by atoms with Gasteiger partial charge in [-0.15, -0.1) is 0 Å². The topological polar surface area (TPSA) is 64.4 Å². The van der Waals surface area contributed by atoms with Crippen molar-refractivity contribution < 1.29 is 14.1 Å². The largest absolute Gasteiger partial charge is 0.445 e. The van der Waals surface area contributed by atoms with Crippen molar-refractivity contribution in [1.82, 2.24) is 10.5 Å². The predicted molar refractivity (Wildman–Crippen MR) is 68.0 cm³/mol. The van der Waals surface area contributed by atoms with Gasteiger partial charge in [0.2, 0.25) is 0 Å². The second-order valence-electron chi connectivity index (χ2n) is 3.63. The summed E-state index contributed by atoms with van der Waals surface area (Å²) in [5.74, 6) is 5.53. The summed E-state index contributed by atoms with van der Waals surface area (Å²) in [5, 5.41) is 6.04. The number of ether oxygens (including phenoxy) is 1. The quantitative estimate of drug-likeness (QED) is 0.852. The van der Waals surface area contributed by atoms with E-state index < -0.39 is 6.09 Å². The molecule has 0 aliphatic rings. The van der Waals surface area contributed by atoms with Gasteiger partial charge in [0, 0.05) is 0 Å². The molecule has 0 spiro atoms. The number of rotatable bonds is 3. The Morgan fingerprint density at radius 3 is 2.95 bits per heavy atom. The second kappa shape index (κ2) is 6.87. The molecule has 1 aromatic carbocycles. The van der Waals surface area contributed by atoms with Crippen LogP contribution >= 0.6 is 0 Å². The Kier molecular flexibility index (Phi) is 4.59. The molecule has 1 amide bonds. The van der Waals surface area contributed by atoms with Crippen molar-refractivity contribution in [2.24, 2.45) is 0 Å². The van der Waals surface area contributed by atoms with Crippen molar-refractivity contribution >= 4 is 6.09 Å². The maximum atomic E-state index is 11.3. The van der Waals surface area contributed by atoms with Crippen LogP contribution in [-0.2, 0) is 11.3 Å². The summed E-state index contributed by atoms with van der Waals surface area (Å²) in [6.07, 6.45) is 2.44. The molecule has 0 fully saturated rings. The first-order valence-corrected chi connectivity index (χ1v) is 5.67. The van der Waals surface area contributed by atoms with Crippen molar-refractivity contribution in [1.29, 1.82) is 0 Å². The summed E-state index contributed by atoms with van der Waals surface area (Å²) in [4.78, 5) is 11.3. The van der Waals surface area contributed by atoms with Gasteiger partial charge in [0.15, 0.2) is 0 Å². The molecule has 1 aromatic heterocycles. The van der Waals surface area contributed by atoms with Crippen molar-refractivity contribution in [3.63, 3.8) is 0 Å². The lowest BCUT2D eigenvalue weighted by atomic mass is 10.2. The molecule has 19 heavy (non-hydrogen) atoms. The van der Waals surface area contributed by atoms with E-state index >= 15 is 0 Å². The van der Waals surface area contributed by atoms with Gasteiger partial charge in [-0.1, -0.05) is 47.3 Å². The van der Waals surface area contributed by atoms with Crippen LogP contribution in [0.3, 0.4) is 0 Å². The van der Waals surface area contributed by atoms with Crippen LogP contribution in [0.5, 0.6) is 0 Å². The molecule has 2 rings (SSSR count). The predicted octanol–water partition coefficient (Wildman–Crippen LogP) is 1.95. The molecule has 1 heterocycles. The normalized spacial score (nSPS) is 9.26. The van der Waals surface area contributed by atoms with Crippen molar-refractivity contribution in [2.75, 3.05) is 6.54 Å². The molecule has 0 aliphatic carbocycles. The minimum Gasteiger partial charge on any atom is -0.445 e. The molecule has 0 aliphatic heterocycles. The number of nitrogens with one attached hydrogen (secondary N) is 1. The van der Waals surface area contributed by atoms with Gasteiger partial charge in [-0.3, -0.25) is 0 Å². The van der Waals surface area contributed by atoms with Crippen LogP contribution in [0.1, 0.15) is 11.1 Å². The Labute approximate surface area is 110 Å². The van der Waals surface area contributed by atoms with Crippen LogP contribution in [0.4, 0.5) is 4.79 Å². The Hall–Kier alpha value is -2.74. The Balaban J connectivity index is 1.68. The summed E-state index contributed by atoms with van der Waals surface area (Å²) in [7, 11) is 0. The first-order valence-electron chi connectivity index (χ1n) is 5.67. The monoisotopic (exact) mass is 256 g/mol. The number of alkyl carbamates (subject to hydrolysis) is 1. The van der Waals surface area contributed by atoms with E-state index in [0.717, 1.165) is 5.56 Å². The summed E-state index contributed by atoms with van der Waals surface area (Å²) in [5.41, 5.74) is 1.60.